The molecular formula is C7H10F5NO3S. The predicted molar refractivity (Wildman–Crippen MR) is 48.3 cm³/mol. The van der Waals surface area contributed by atoms with Gasteiger partial charge in [-0.3, -0.25) is 4.79 Å². The fourth-order valence-electron chi connectivity index (χ4n) is 0.765. The molecule has 0 rings (SSSR count). The first-order valence-corrected chi connectivity index (χ1v) is 6.23. The summed E-state index contributed by atoms with van der Waals surface area (Å²) >= 11 is 0. The van der Waals surface area contributed by atoms with Crippen LogP contribution in [0, 0.1) is 0 Å². The highest BCUT2D eigenvalue weighted by atomic mass is 32.2. The van der Waals surface area contributed by atoms with Crippen molar-refractivity contribution in [1.29, 1.82) is 0 Å². The zero-order valence-corrected chi connectivity index (χ0v) is 9.70. The quantitative estimate of drug-likeness (QED) is 0.713. The third-order valence-corrected chi connectivity index (χ3v) is 2.69. The molecule has 10 heteroatoms. The number of hydrogen-bond donors (Lipinski definition) is 0. The van der Waals surface area contributed by atoms with Crippen molar-refractivity contribution < 1.29 is 35.2 Å². The molecule has 1 amide bonds. The molecule has 0 unspecified atom stereocenters. The molecule has 0 bridgehead atoms. The lowest BCUT2D eigenvalue weighted by Gasteiger charge is -2.24. The number of halogens is 5. The topological polar surface area (TPSA) is 54.5 Å². The second kappa shape index (κ2) is 4.75. The summed E-state index contributed by atoms with van der Waals surface area (Å²) in [5, 5.41) is 0. The van der Waals surface area contributed by atoms with E-state index in [0.717, 1.165) is 6.26 Å². The lowest BCUT2D eigenvalue weighted by atomic mass is 10.3. The Morgan fingerprint density at radius 2 is 1.59 bits per heavy atom. The van der Waals surface area contributed by atoms with Crippen molar-refractivity contribution in [1.82, 2.24) is 4.90 Å². The smallest absolute Gasteiger partial charge is 0.339 e. The van der Waals surface area contributed by atoms with E-state index >= 15 is 0 Å². The van der Waals surface area contributed by atoms with E-state index < -0.39 is 40.1 Å². The van der Waals surface area contributed by atoms with Crippen LogP contribution in [-0.4, -0.2) is 56.9 Å². The normalized spacial score (nSPS) is 13.6. The average Bonchev–Trinajstić information content (AvgIpc) is 2.09. The van der Waals surface area contributed by atoms with Gasteiger partial charge in [0.15, 0.2) is 0 Å². The van der Waals surface area contributed by atoms with E-state index in [-0.39, 0.29) is 4.90 Å². The fraction of sp³-hybridized carbons (Fsp3) is 0.857. The van der Waals surface area contributed by atoms with Crippen LogP contribution in [-0.2, 0) is 14.6 Å². The third-order valence-electron chi connectivity index (χ3n) is 1.77. The van der Waals surface area contributed by atoms with Crippen molar-refractivity contribution in [2.45, 2.75) is 12.1 Å². The second-order valence-electron chi connectivity index (χ2n) is 3.43. The highest BCUT2D eigenvalue weighted by molar-refractivity contribution is 7.90. The molecular weight excluding hydrogens is 273 g/mol. The van der Waals surface area contributed by atoms with E-state index in [0.29, 0.717) is 7.05 Å². The van der Waals surface area contributed by atoms with E-state index in [1.807, 2.05) is 0 Å². The Labute approximate surface area is 94.3 Å². The molecule has 0 aliphatic rings. The number of carbonyl (C=O) groups excluding carboxylic acids is 1. The predicted octanol–water partition coefficient (Wildman–Crippen LogP) is 0.687. The molecule has 0 aromatic rings. The minimum atomic E-state index is -6.00. The molecule has 0 radical (unpaired) electrons. The van der Waals surface area contributed by atoms with Crippen LogP contribution in [0.4, 0.5) is 22.0 Å². The van der Waals surface area contributed by atoms with E-state index in [9.17, 15) is 35.2 Å². The molecule has 0 fully saturated rings. The summed E-state index contributed by atoms with van der Waals surface area (Å²) in [6, 6.07) is 0. The molecule has 102 valence electrons. The summed E-state index contributed by atoms with van der Waals surface area (Å²) in [4.78, 5) is 10.8. The second-order valence-corrected chi connectivity index (χ2v) is 5.69. The van der Waals surface area contributed by atoms with Crippen LogP contribution in [0.25, 0.3) is 0 Å². The minimum Gasteiger partial charge on any atom is -0.339 e. The standard InChI is InChI=1S/C7H10F5NO3S/c1-13(3-4-17(2,15)16)5(14)6(8,9)7(10,11)12/h3-4H2,1-2H3. The van der Waals surface area contributed by atoms with Gasteiger partial charge in [-0.2, -0.15) is 22.0 Å². The van der Waals surface area contributed by atoms with Crippen LogP contribution in [0.3, 0.4) is 0 Å². The van der Waals surface area contributed by atoms with Crippen LogP contribution < -0.4 is 0 Å². The first kappa shape index (κ1) is 16.1. The van der Waals surface area contributed by atoms with Crippen molar-refractivity contribution >= 4 is 15.7 Å². The summed E-state index contributed by atoms with van der Waals surface area (Å²) in [5.41, 5.74) is 0. The van der Waals surface area contributed by atoms with Gasteiger partial charge in [-0.1, -0.05) is 0 Å². The van der Waals surface area contributed by atoms with E-state index in [2.05, 4.69) is 0 Å². The molecule has 0 spiro atoms. The summed E-state index contributed by atoms with van der Waals surface area (Å²) in [6.45, 7) is -0.733. The maximum absolute atomic E-state index is 12.5. The molecule has 17 heavy (non-hydrogen) atoms. The zero-order valence-electron chi connectivity index (χ0n) is 8.88. The van der Waals surface area contributed by atoms with Crippen molar-refractivity contribution in [3.8, 4) is 0 Å². The first-order valence-electron chi connectivity index (χ1n) is 4.17. The Morgan fingerprint density at radius 3 is 1.88 bits per heavy atom. The van der Waals surface area contributed by atoms with Crippen LogP contribution in [0.2, 0.25) is 0 Å². The van der Waals surface area contributed by atoms with Gasteiger partial charge in [-0.15, -0.1) is 0 Å². The van der Waals surface area contributed by atoms with E-state index in [1.54, 1.807) is 0 Å². The molecule has 4 nitrogen and oxygen atoms in total. The SMILES string of the molecule is CN(CCS(C)(=O)=O)C(=O)C(F)(F)C(F)(F)F. The molecule has 0 saturated carbocycles. The molecule has 0 heterocycles. The molecule has 0 aromatic carbocycles. The maximum atomic E-state index is 12.5. The van der Waals surface area contributed by atoms with Crippen molar-refractivity contribution in [2.24, 2.45) is 0 Å². The summed E-state index contributed by atoms with van der Waals surface area (Å²) in [7, 11) is -2.88. The van der Waals surface area contributed by atoms with Gasteiger partial charge in [0.25, 0.3) is 0 Å². The number of rotatable bonds is 4. The van der Waals surface area contributed by atoms with E-state index in [1.165, 1.54) is 0 Å². The highest BCUT2D eigenvalue weighted by Crippen LogP contribution is 2.36. The molecule has 0 atom stereocenters. The Balaban J connectivity index is 4.73. The molecule has 0 aliphatic heterocycles. The Kier molecular flexibility index (Phi) is 4.49. The molecule has 0 saturated heterocycles. The van der Waals surface area contributed by atoms with Crippen molar-refractivity contribution in [3.05, 3.63) is 0 Å². The minimum absolute atomic E-state index is 0.0363. The van der Waals surface area contributed by atoms with Crippen molar-refractivity contribution in [2.75, 3.05) is 25.6 Å². The Bertz CT molecular complexity index is 389. The first-order chi connectivity index (χ1) is 7.29. The molecule has 0 aromatic heterocycles. The number of carbonyl (C=O) groups is 1. The van der Waals surface area contributed by atoms with Gasteiger partial charge in [0.2, 0.25) is 0 Å². The van der Waals surface area contributed by atoms with Gasteiger partial charge in [-0.25, -0.2) is 8.42 Å². The number of sulfone groups is 1. The monoisotopic (exact) mass is 283 g/mol. The van der Waals surface area contributed by atoms with Gasteiger partial charge in [0, 0.05) is 19.8 Å². The van der Waals surface area contributed by atoms with Crippen LogP contribution in [0.5, 0.6) is 0 Å². The lowest BCUT2D eigenvalue weighted by molar-refractivity contribution is -0.273. The van der Waals surface area contributed by atoms with Crippen LogP contribution in [0.1, 0.15) is 0 Å². The maximum Gasteiger partial charge on any atom is 0.463 e. The summed E-state index contributed by atoms with van der Waals surface area (Å²) in [6.07, 6.45) is -5.23. The number of alkyl halides is 5. The number of amides is 1. The van der Waals surface area contributed by atoms with Crippen molar-refractivity contribution in [3.63, 3.8) is 0 Å². The van der Waals surface area contributed by atoms with E-state index in [4.69, 9.17) is 0 Å². The largest absolute Gasteiger partial charge is 0.463 e. The van der Waals surface area contributed by atoms with Gasteiger partial charge < -0.3 is 4.90 Å². The van der Waals surface area contributed by atoms with Gasteiger partial charge >= 0.3 is 18.0 Å². The average molecular weight is 283 g/mol. The van der Waals surface area contributed by atoms with Gasteiger partial charge in [0.05, 0.1) is 5.75 Å². The van der Waals surface area contributed by atoms with Crippen LogP contribution >= 0.6 is 0 Å². The lowest BCUT2D eigenvalue weighted by Crippen LogP contribution is -2.51. The zero-order chi connectivity index (χ0) is 14.1. The molecule has 0 aliphatic carbocycles. The third kappa shape index (κ3) is 4.44. The number of nitrogens with zero attached hydrogens (tertiary/aromatic N) is 1. The van der Waals surface area contributed by atoms with Gasteiger partial charge in [0.1, 0.15) is 9.84 Å². The van der Waals surface area contributed by atoms with Crippen LogP contribution in [0.15, 0.2) is 0 Å². The Morgan fingerprint density at radius 1 is 1.18 bits per heavy atom. The molecule has 0 N–H and O–H groups in total. The summed E-state index contributed by atoms with van der Waals surface area (Å²) in [5.74, 6) is -8.68. The summed E-state index contributed by atoms with van der Waals surface area (Å²) < 4.78 is 81.8. The van der Waals surface area contributed by atoms with Gasteiger partial charge in [-0.05, 0) is 0 Å². The highest BCUT2D eigenvalue weighted by Gasteiger charge is 2.64. The number of hydrogen-bond acceptors (Lipinski definition) is 3. The Hall–Kier alpha value is -0.930. The fourth-order valence-corrected chi connectivity index (χ4v) is 1.37.